The number of rotatable bonds is 5. The van der Waals surface area contributed by atoms with Gasteiger partial charge in [-0.15, -0.1) is 0 Å². The van der Waals surface area contributed by atoms with Crippen LogP contribution in [0.15, 0.2) is 0 Å². The van der Waals surface area contributed by atoms with E-state index in [1.54, 1.807) is 0 Å². The molecule has 1 saturated carbocycles. The Labute approximate surface area is 105 Å². The molecule has 0 bridgehead atoms. The van der Waals surface area contributed by atoms with E-state index in [-0.39, 0.29) is 0 Å². The molecule has 0 amide bonds. The number of likely N-dealkylation sites (tertiary alicyclic amines) is 2. The van der Waals surface area contributed by atoms with Gasteiger partial charge in [0.2, 0.25) is 0 Å². The third-order valence-corrected chi connectivity index (χ3v) is 4.84. The molecule has 2 aliphatic heterocycles. The van der Waals surface area contributed by atoms with Crippen molar-refractivity contribution in [1.82, 2.24) is 9.80 Å². The summed E-state index contributed by atoms with van der Waals surface area (Å²) in [6, 6.07) is 1.24. The number of nitrogens with zero attached hydrogens (tertiary/aromatic N) is 2. The fraction of sp³-hybridized carbons (Fsp3) is 1.00. The zero-order valence-corrected chi connectivity index (χ0v) is 10.9. The third-order valence-electron chi connectivity index (χ3n) is 4.84. The van der Waals surface area contributed by atoms with Gasteiger partial charge in [-0.05, 0) is 57.5 Å². The first kappa shape index (κ1) is 11.9. The van der Waals surface area contributed by atoms with Crippen LogP contribution in [0.4, 0.5) is 0 Å². The molecule has 3 heteroatoms. The van der Waals surface area contributed by atoms with E-state index in [1.807, 2.05) is 0 Å². The van der Waals surface area contributed by atoms with Gasteiger partial charge in [-0.25, -0.2) is 0 Å². The second-order valence-corrected chi connectivity index (χ2v) is 6.21. The predicted octanol–water partition coefficient (Wildman–Crippen LogP) is 1.32. The molecule has 3 aliphatic rings. The maximum absolute atomic E-state index is 9.38. The Bertz CT molecular complexity index is 255. The summed E-state index contributed by atoms with van der Waals surface area (Å²) in [5, 5.41) is 9.38. The van der Waals surface area contributed by atoms with E-state index in [0.29, 0.717) is 12.6 Å². The van der Waals surface area contributed by atoms with Crippen LogP contribution in [0, 0.1) is 5.92 Å². The molecular formula is C14H26N2O. The number of aliphatic hydroxyl groups is 1. The van der Waals surface area contributed by atoms with E-state index in [9.17, 15) is 5.11 Å². The van der Waals surface area contributed by atoms with Gasteiger partial charge in [0.25, 0.3) is 0 Å². The highest BCUT2D eigenvalue weighted by atomic mass is 16.3. The van der Waals surface area contributed by atoms with Gasteiger partial charge in [0.15, 0.2) is 0 Å². The highest BCUT2D eigenvalue weighted by Crippen LogP contribution is 2.32. The van der Waals surface area contributed by atoms with E-state index >= 15 is 0 Å². The fourth-order valence-corrected chi connectivity index (χ4v) is 3.59. The first-order valence-corrected chi connectivity index (χ1v) is 7.46. The minimum atomic E-state index is 0.356. The van der Waals surface area contributed by atoms with Gasteiger partial charge in [-0.3, -0.25) is 9.80 Å². The monoisotopic (exact) mass is 238 g/mol. The molecule has 0 radical (unpaired) electrons. The van der Waals surface area contributed by atoms with Crippen LogP contribution in [-0.2, 0) is 0 Å². The van der Waals surface area contributed by atoms with Gasteiger partial charge >= 0.3 is 0 Å². The summed E-state index contributed by atoms with van der Waals surface area (Å²) < 4.78 is 0. The summed E-state index contributed by atoms with van der Waals surface area (Å²) in [7, 11) is 0. The van der Waals surface area contributed by atoms with Crippen LogP contribution < -0.4 is 0 Å². The number of hydrogen-bond acceptors (Lipinski definition) is 3. The maximum atomic E-state index is 9.38. The summed E-state index contributed by atoms with van der Waals surface area (Å²) in [6.45, 7) is 5.44. The van der Waals surface area contributed by atoms with Crippen LogP contribution in [0.2, 0.25) is 0 Å². The molecule has 98 valence electrons. The zero-order valence-electron chi connectivity index (χ0n) is 10.9. The van der Waals surface area contributed by atoms with E-state index in [2.05, 4.69) is 9.80 Å². The average Bonchev–Trinajstić information content (AvgIpc) is 2.87. The highest BCUT2D eigenvalue weighted by molar-refractivity contribution is 4.89. The topological polar surface area (TPSA) is 26.7 Å². The molecule has 2 saturated heterocycles. The van der Waals surface area contributed by atoms with E-state index in [4.69, 9.17) is 0 Å². The highest BCUT2D eigenvalue weighted by Gasteiger charge is 2.34. The molecule has 17 heavy (non-hydrogen) atoms. The normalized spacial score (nSPS) is 35.8. The standard InChI is InChI=1S/C14H26N2O/c17-11-14-4-2-8-16(14)10-13-3-1-7-15(13)9-12-5-6-12/h12-14,17H,1-11H2/t13-,14+/m1/s1. The third kappa shape index (κ3) is 2.83. The molecule has 1 aliphatic carbocycles. The summed E-state index contributed by atoms with van der Waals surface area (Å²) in [6.07, 6.45) is 8.17. The molecule has 0 aromatic rings. The van der Waals surface area contributed by atoms with E-state index in [1.165, 1.54) is 64.7 Å². The van der Waals surface area contributed by atoms with Crippen LogP contribution in [0.5, 0.6) is 0 Å². The molecule has 3 rings (SSSR count). The van der Waals surface area contributed by atoms with Gasteiger partial charge in [0.05, 0.1) is 6.61 Å². The SMILES string of the molecule is OC[C@@H]1CCCN1C[C@H]1CCCN1CC1CC1. The maximum Gasteiger partial charge on any atom is 0.0586 e. The van der Waals surface area contributed by atoms with Crippen molar-refractivity contribution in [3.05, 3.63) is 0 Å². The molecule has 0 aromatic carbocycles. The number of aliphatic hydroxyl groups excluding tert-OH is 1. The van der Waals surface area contributed by atoms with Crippen LogP contribution in [0.25, 0.3) is 0 Å². The van der Waals surface area contributed by atoms with Crippen molar-refractivity contribution in [2.75, 3.05) is 32.8 Å². The van der Waals surface area contributed by atoms with Gasteiger partial charge in [-0.1, -0.05) is 0 Å². The van der Waals surface area contributed by atoms with Gasteiger partial charge in [-0.2, -0.15) is 0 Å². The largest absolute Gasteiger partial charge is 0.395 e. The Morgan fingerprint density at radius 3 is 2.12 bits per heavy atom. The van der Waals surface area contributed by atoms with Crippen LogP contribution >= 0.6 is 0 Å². The lowest BCUT2D eigenvalue weighted by molar-refractivity contribution is 0.120. The predicted molar refractivity (Wildman–Crippen MR) is 69.0 cm³/mol. The Morgan fingerprint density at radius 2 is 1.47 bits per heavy atom. The van der Waals surface area contributed by atoms with E-state index < -0.39 is 0 Å². The van der Waals surface area contributed by atoms with Crippen molar-refractivity contribution in [3.8, 4) is 0 Å². The Balaban J connectivity index is 1.52. The van der Waals surface area contributed by atoms with Crippen LogP contribution in [0.1, 0.15) is 38.5 Å². The molecule has 2 atom stereocenters. The van der Waals surface area contributed by atoms with E-state index in [0.717, 1.165) is 12.0 Å². The Morgan fingerprint density at radius 1 is 0.824 bits per heavy atom. The minimum absolute atomic E-state index is 0.356. The molecule has 3 fully saturated rings. The van der Waals surface area contributed by atoms with Crippen molar-refractivity contribution in [3.63, 3.8) is 0 Å². The molecule has 0 spiro atoms. The molecule has 3 nitrogen and oxygen atoms in total. The summed E-state index contributed by atoms with van der Waals surface area (Å²) in [4.78, 5) is 5.26. The Kier molecular flexibility index (Phi) is 3.69. The van der Waals surface area contributed by atoms with Gasteiger partial charge < -0.3 is 5.11 Å². The van der Waals surface area contributed by atoms with Crippen molar-refractivity contribution < 1.29 is 5.11 Å². The van der Waals surface area contributed by atoms with Crippen molar-refractivity contribution in [2.45, 2.75) is 50.6 Å². The second-order valence-electron chi connectivity index (χ2n) is 6.21. The zero-order chi connectivity index (χ0) is 11.7. The molecule has 1 N–H and O–H groups in total. The quantitative estimate of drug-likeness (QED) is 0.782. The molecule has 0 aromatic heterocycles. The first-order chi connectivity index (χ1) is 8.36. The van der Waals surface area contributed by atoms with Gasteiger partial charge in [0.1, 0.15) is 0 Å². The first-order valence-electron chi connectivity index (χ1n) is 7.46. The summed E-state index contributed by atoms with van der Waals surface area (Å²) >= 11 is 0. The van der Waals surface area contributed by atoms with Crippen molar-refractivity contribution in [1.29, 1.82) is 0 Å². The summed E-state index contributed by atoms with van der Waals surface area (Å²) in [5.41, 5.74) is 0. The molecule has 0 unspecified atom stereocenters. The Hall–Kier alpha value is -0.120. The minimum Gasteiger partial charge on any atom is -0.395 e. The van der Waals surface area contributed by atoms with Crippen LogP contribution in [-0.4, -0.2) is 59.8 Å². The molecule has 2 heterocycles. The lowest BCUT2D eigenvalue weighted by Crippen LogP contribution is -2.44. The van der Waals surface area contributed by atoms with Crippen molar-refractivity contribution in [2.24, 2.45) is 5.92 Å². The smallest absolute Gasteiger partial charge is 0.0586 e. The lowest BCUT2D eigenvalue weighted by Gasteiger charge is -2.31. The average molecular weight is 238 g/mol. The van der Waals surface area contributed by atoms with Crippen molar-refractivity contribution >= 4 is 0 Å². The summed E-state index contributed by atoms with van der Waals surface area (Å²) in [5.74, 6) is 1.02. The molecular weight excluding hydrogens is 212 g/mol. The lowest BCUT2D eigenvalue weighted by atomic mass is 10.1. The second kappa shape index (κ2) is 5.25. The van der Waals surface area contributed by atoms with Gasteiger partial charge in [0, 0.05) is 25.2 Å². The van der Waals surface area contributed by atoms with Crippen LogP contribution in [0.3, 0.4) is 0 Å². The number of hydrogen-bond donors (Lipinski definition) is 1. The fourth-order valence-electron chi connectivity index (χ4n) is 3.59.